The maximum absolute atomic E-state index is 9.14. The molecule has 0 aliphatic rings. The van der Waals surface area contributed by atoms with Gasteiger partial charge in [0.1, 0.15) is 17.4 Å². The Balaban J connectivity index is 2.31. The third-order valence-corrected chi connectivity index (χ3v) is 2.93. The molecule has 0 saturated carbocycles. The van der Waals surface area contributed by atoms with Crippen LogP contribution < -0.4 is 9.47 Å². The first-order valence-electron chi connectivity index (χ1n) is 6.34. The summed E-state index contributed by atoms with van der Waals surface area (Å²) in [6, 6.07) is 14.5. The predicted molar refractivity (Wildman–Crippen MR) is 78.5 cm³/mol. The minimum Gasteiger partial charge on any atom is -0.490 e. The second kappa shape index (κ2) is 6.83. The lowest BCUT2D eigenvalue weighted by molar-refractivity contribution is 0.302. The van der Waals surface area contributed by atoms with Crippen molar-refractivity contribution in [3.8, 4) is 23.3 Å². The molecular weight excluding hydrogens is 274 g/mol. The van der Waals surface area contributed by atoms with Crippen LogP contribution in [0.25, 0.3) is 0 Å². The van der Waals surface area contributed by atoms with Crippen molar-refractivity contribution in [3.05, 3.63) is 53.1 Å². The molecule has 0 aromatic heterocycles. The fraction of sp³-hybridized carbons (Fsp3) is 0.188. The predicted octanol–water partition coefficient (Wildman–Crippen LogP) is 4.79. The lowest BCUT2D eigenvalue weighted by Gasteiger charge is -2.13. The lowest BCUT2D eigenvalue weighted by Crippen LogP contribution is -1.98. The van der Waals surface area contributed by atoms with Crippen molar-refractivity contribution >= 4 is 11.6 Å². The van der Waals surface area contributed by atoms with Crippen molar-refractivity contribution in [1.29, 1.82) is 5.26 Å². The van der Waals surface area contributed by atoms with Gasteiger partial charge in [0.05, 0.1) is 11.6 Å². The number of nitrogens with zero attached hydrogens (tertiary/aromatic N) is 1. The maximum atomic E-state index is 9.14. The smallest absolute Gasteiger partial charge is 0.169 e. The molecule has 0 unspecified atom stereocenters. The average Bonchev–Trinajstić information content (AvgIpc) is 2.47. The van der Waals surface area contributed by atoms with Crippen LogP contribution in [0, 0.1) is 11.3 Å². The number of hydrogen-bond acceptors (Lipinski definition) is 3. The molecule has 2 rings (SSSR count). The molecule has 2 aromatic carbocycles. The van der Waals surface area contributed by atoms with E-state index in [4.69, 9.17) is 26.3 Å². The molecule has 0 saturated heterocycles. The van der Waals surface area contributed by atoms with Crippen molar-refractivity contribution in [2.24, 2.45) is 0 Å². The Morgan fingerprint density at radius 2 is 1.75 bits per heavy atom. The molecule has 0 spiro atoms. The summed E-state index contributed by atoms with van der Waals surface area (Å²) in [5.74, 6) is 1.64. The standard InChI is InChI=1S/C16H14ClNO2/c1-2-10-19-15-7-3-4-8-16(15)20-14-9-5-6-13(17)12(14)11-18/h3-9H,2,10H2,1H3. The van der Waals surface area contributed by atoms with E-state index >= 15 is 0 Å². The number of benzene rings is 2. The Kier molecular flexibility index (Phi) is 4.86. The highest BCUT2D eigenvalue weighted by Crippen LogP contribution is 2.34. The molecule has 2 aromatic rings. The topological polar surface area (TPSA) is 42.2 Å². The van der Waals surface area contributed by atoms with E-state index in [1.54, 1.807) is 24.3 Å². The molecule has 0 aliphatic heterocycles. The quantitative estimate of drug-likeness (QED) is 0.794. The fourth-order valence-electron chi connectivity index (χ4n) is 1.68. The zero-order chi connectivity index (χ0) is 14.4. The van der Waals surface area contributed by atoms with E-state index in [1.165, 1.54) is 0 Å². The molecule has 0 fully saturated rings. The number of rotatable bonds is 5. The SMILES string of the molecule is CCCOc1ccccc1Oc1cccc(Cl)c1C#N. The zero-order valence-corrected chi connectivity index (χ0v) is 11.9. The van der Waals surface area contributed by atoms with E-state index in [0.717, 1.165) is 6.42 Å². The van der Waals surface area contributed by atoms with Crippen LogP contribution in [0.1, 0.15) is 18.9 Å². The number of nitriles is 1. The van der Waals surface area contributed by atoms with Gasteiger partial charge in [0, 0.05) is 0 Å². The van der Waals surface area contributed by atoms with Crippen LogP contribution in [0.4, 0.5) is 0 Å². The van der Waals surface area contributed by atoms with Gasteiger partial charge in [-0.25, -0.2) is 0 Å². The summed E-state index contributed by atoms with van der Waals surface area (Å²) in [4.78, 5) is 0. The van der Waals surface area contributed by atoms with E-state index in [0.29, 0.717) is 34.4 Å². The highest BCUT2D eigenvalue weighted by Gasteiger charge is 2.11. The molecule has 0 bridgehead atoms. The van der Waals surface area contributed by atoms with Gasteiger partial charge < -0.3 is 9.47 Å². The Bertz CT molecular complexity index is 635. The molecule has 0 N–H and O–H groups in total. The third-order valence-electron chi connectivity index (χ3n) is 2.62. The summed E-state index contributed by atoms with van der Waals surface area (Å²) in [7, 11) is 0. The van der Waals surface area contributed by atoms with Gasteiger partial charge in [-0.1, -0.05) is 36.7 Å². The van der Waals surface area contributed by atoms with E-state index in [2.05, 4.69) is 0 Å². The molecule has 20 heavy (non-hydrogen) atoms. The van der Waals surface area contributed by atoms with Crippen LogP contribution in [-0.2, 0) is 0 Å². The van der Waals surface area contributed by atoms with Crippen LogP contribution in [0.5, 0.6) is 17.2 Å². The molecule has 0 amide bonds. The zero-order valence-electron chi connectivity index (χ0n) is 11.1. The minimum absolute atomic E-state index is 0.319. The van der Waals surface area contributed by atoms with E-state index in [-0.39, 0.29) is 0 Å². The Hall–Kier alpha value is -2.18. The summed E-state index contributed by atoms with van der Waals surface area (Å²) in [5.41, 5.74) is 0.319. The van der Waals surface area contributed by atoms with Gasteiger partial charge in [-0.3, -0.25) is 0 Å². The highest BCUT2D eigenvalue weighted by molar-refractivity contribution is 6.31. The van der Waals surface area contributed by atoms with Crippen LogP contribution >= 0.6 is 11.6 Å². The lowest BCUT2D eigenvalue weighted by atomic mass is 10.2. The van der Waals surface area contributed by atoms with Gasteiger partial charge in [-0.15, -0.1) is 0 Å². The summed E-state index contributed by atoms with van der Waals surface area (Å²) < 4.78 is 11.4. The second-order valence-corrected chi connectivity index (χ2v) is 4.53. The van der Waals surface area contributed by atoms with Crippen molar-refractivity contribution < 1.29 is 9.47 Å². The van der Waals surface area contributed by atoms with Crippen LogP contribution in [0.3, 0.4) is 0 Å². The first kappa shape index (κ1) is 14.2. The Labute approximate surface area is 123 Å². The fourth-order valence-corrected chi connectivity index (χ4v) is 1.89. The van der Waals surface area contributed by atoms with Crippen molar-refractivity contribution in [1.82, 2.24) is 0 Å². The van der Waals surface area contributed by atoms with Crippen molar-refractivity contribution in [2.75, 3.05) is 6.61 Å². The van der Waals surface area contributed by atoms with Gasteiger partial charge in [-0.2, -0.15) is 5.26 Å². The van der Waals surface area contributed by atoms with Crippen molar-refractivity contribution in [2.45, 2.75) is 13.3 Å². The molecule has 4 heteroatoms. The molecule has 0 atom stereocenters. The summed E-state index contributed by atoms with van der Waals surface area (Å²) in [6.07, 6.45) is 0.912. The normalized spacial score (nSPS) is 9.85. The number of para-hydroxylation sites is 2. The first-order valence-corrected chi connectivity index (χ1v) is 6.72. The first-order chi connectivity index (χ1) is 9.76. The molecule has 0 heterocycles. The third kappa shape index (κ3) is 3.23. The largest absolute Gasteiger partial charge is 0.490 e. The summed E-state index contributed by atoms with van der Waals surface area (Å²) in [5, 5.41) is 9.51. The van der Waals surface area contributed by atoms with E-state index in [1.807, 2.05) is 31.2 Å². The molecule has 3 nitrogen and oxygen atoms in total. The molecular formula is C16H14ClNO2. The van der Waals surface area contributed by atoms with E-state index < -0.39 is 0 Å². The van der Waals surface area contributed by atoms with Crippen molar-refractivity contribution in [3.63, 3.8) is 0 Å². The highest BCUT2D eigenvalue weighted by atomic mass is 35.5. The van der Waals surface area contributed by atoms with Gasteiger partial charge >= 0.3 is 0 Å². The average molecular weight is 288 g/mol. The monoisotopic (exact) mass is 287 g/mol. The van der Waals surface area contributed by atoms with Gasteiger partial charge in [-0.05, 0) is 30.7 Å². The number of ether oxygens (including phenoxy) is 2. The van der Waals surface area contributed by atoms with Gasteiger partial charge in [0.15, 0.2) is 11.5 Å². The molecule has 0 aliphatic carbocycles. The van der Waals surface area contributed by atoms with Crippen LogP contribution in [-0.4, -0.2) is 6.61 Å². The molecule has 102 valence electrons. The number of halogens is 1. The van der Waals surface area contributed by atoms with Gasteiger partial charge in [0.2, 0.25) is 0 Å². The van der Waals surface area contributed by atoms with Crippen LogP contribution in [0.15, 0.2) is 42.5 Å². The Morgan fingerprint density at radius 1 is 1.05 bits per heavy atom. The van der Waals surface area contributed by atoms with Gasteiger partial charge in [0.25, 0.3) is 0 Å². The molecule has 0 radical (unpaired) electrons. The maximum Gasteiger partial charge on any atom is 0.169 e. The summed E-state index contributed by atoms with van der Waals surface area (Å²) in [6.45, 7) is 2.65. The minimum atomic E-state index is 0.319. The van der Waals surface area contributed by atoms with Crippen LogP contribution in [0.2, 0.25) is 5.02 Å². The number of hydrogen-bond donors (Lipinski definition) is 0. The second-order valence-electron chi connectivity index (χ2n) is 4.12. The Morgan fingerprint density at radius 3 is 2.45 bits per heavy atom. The van der Waals surface area contributed by atoms with E-state index in [9.17, 15) is 0 Å². The summed E-state index contributed by atoms with van der Waals surface area (Å²) >= 11 is 5.99.